The Morgan fingerprint density at radius 1 is 1.06 bits per heavy atom. The molecule has 0 amide bonds. The molecular weight excluding hydrogens is 293 g/mol. The molecule has 0 saturated carbocycles. The van der Waals surface area contributed by atoms with Crippen LogP contribution in [0.3, 0.4) is 0 Å². The normalized spacial score (nSPS) is 11.1. The van der Waals surface area contributed by atoms with Crippen LogP contribution >= 0.6 is 34.8 Å². The molecule has 0 aromatic heterocycles. The van der Waals surface area contributed by atoms with Gasteiger partial charge in [-0.2, -0.15) is 0 Å². The molecule has 2 aromatic rings. The number of phenolic OH excluding ortho intramolecular Hbond substituents is 1. The lowest BCUT2D eigenvalue weighted by Crippen LogP contribution is -1.81. The Labute approximate surface area is 119 Å². The Hall–Kier alpha value is -1.22. The topological polar surface area (TPSA) is 32.6 Å². The van der Waals surface area contributed by atoms with E-state index in [2.05, 4.69) is 4.99 Å². The standard InChI is InChI=1S/C13H8Cl3NO/c14-9-4-8(5-10(18)6-9)7-17-12-3-1-2-11(15)13(12)16/h1-7,18H. The van der Waals surface area contributed by atoms with E-state index >= 15 is 0 Å². The number of aliphatic imine (C=N–C) groups is 1. The molecule has 0 radical (unpaired) electrons. The molecule has 0 aliphatic rings. The highest BCUT2D eigenvalue weighted by Gasteiger charge is 2.02. The minimum atomic E-state index is 0.0844. The highest BCUT2D eigenvalue weighted by molar-refractivity contribution is 6.43. The smallest absolute Gasteiger partial charge is 0.117 e. The average Bonchev–Trinajstić information content (AvgIpc) is 2.30. The van der Waals surface area contributed by atoms with Crippen molar-refractivity contribution < 1.29 is 5.11 Å². The molecule has 0 aliphatic heterocycles. The van der Waals surface area contributed by atoms with E-state index in [0.717, 1.165) is 0 Å². The molecular formula is C13H8Cl3NO. The number of hydrogen-bond donors (Lipinski definition) is 1. The van der Waals surface area contributed by atoms with Crippen LogP contribution < -0.4 is 0 Å². The molecule has 2 rings (SSSR count). The second kappa shape index (κ2) is 5.61. The van der Waals surface area contributed by atoms with Crippen LogP contribution in [0, 0.1) is 0 Å². The molecule has 0 atom stereocenters. The lowest BCUT2D eigenvalue weighted by molar-refractivity contribution is 0.475. The molecule has 0 unspecified atom stereocenters. The van der Waals surface area contributed by atoms with Gasteiger partial charge in [0.1, 0.15) is 5.75 Å². The summed E-state index contributed by atoms with van der Waals surface area (Å²) in [7, 11) is 0. The van der Waals surface area contributed by atoms with Gasteiger partial charge in [-0.1, -0.05) is 40.9 Å². The Morgan fingerprint density at radius 3 is 2.56 bits per heavy atom. The third kappa shape index (κ3) is 3.16. The number of phenols is 1. The molecule has 0 fully saturated rings. The summed E-state index contributed by atoms with van der Waals surface area (Å²) in [5, 5.41) is 10.7. The fourth-order valence-corrected chi connectivity index (χ4v) is 1.99. The summed E-state index contributed by atoms with van der Waals surface area (Å²) in [6.07, 6.45) is 1.56. The lowest BCUT2D eigenvalue weighted by Gasteiger charge is -2.00. The number of hydrogen-bond acceptors (Lipinski definition) is 2. The van der Waals surface area contributed by atoms with Gasteiger partial charge in [-0.15, -0.1) is 0 Å². The van der Waals surface area contributed by atoms with Crippen LogP contribution in [0.15, 0.2) is 41.4 Å². The monoisotopic (exact) mass is 299 g/mol. The number of rotatable bonds is 2. The highest BCUT2D eigenvalue weighted by Crippen LogP contribution is 2.31. The van der Waals surface area contributed by atoms with Crippen LogP contribution in [0.2, 0.25) is 15.1 Å². The van der Waals surface area contributed by atoms with Crippen molar-refractivity contribution >= 4 is 46.7 Å². The maximum Gasteiger partial charge on any atom is 0.117 e. The molecule has 0 heterocycles. The summed E-state index contributed by atoms with van der Waals surface area (Å²) < 4.78 is 0. The second-order valence-electron chi connectivity index (χ2n) is 3.57. The third-order valence-corrected chi connectivity index (χ3v) is 3.22. The molecule has 5 heteroatoms. The molecule has 0 aliphatic carbocycles. The molecule has 18 heavy (non-hydrogen) atoms. The number of nitrogens with zero attached hydrogens (tertiary/aromatic N) is 1. The zero-order valence-electron chi connectivity index (χ0n) is 9.07. The SMILES string of the molecule is Oc1cc(Cl)cc(C=Nc2cccc(Cl)c2Cl)c1. The average molecular weight is 301 g/mol. The van der Waals surface area contributed by atoms with Gasteiger partial charge in [-0.25, -0.2) is 0 Å². The van der Waals surface area contributed by atoms with Gasteiger partial charge in [0.25, 0.3) is 0 Å². The van der Waals surface area contributed by atoms with Gasteiger partial charge >= 0.3 is 0 Å². The van der Waals surface area contributed by atoms with E-state index in [1.807, 2.05) is 0 Å². The van der Waals surface area contributed by atoms with Crippen LogP contribution in [0.1, 0.15) is 5.56 Å². The fraction of sp³-hybridized carbons (Fsp3) is 0. The lowest BCUT2D eigenvalue weighted by atomic mass is 10.2. The molecule has 92 valence electrons. The molecule has 1 N–H and O–H groups in total. The van der Waals surface area contributed by atoms with Gasteiger partial charge in [-0.3, -0.25) is 4.99 Å². The summed E-state index contributed by atoms with van der Waals surface area (Å²) in [5.41, 5.74) is 1.24. The first-order valence-electron chi connectivity index (χ1n) is 5.04. The van der Waals surface area contributed by atoms with Crippen molar-refractivity contribution in [1.82, 2.24) is 0 Å². The van der Waals surface area contributed by atoms with Crippen molar-refractivity contribution in [3.05, 3.63) is 57.0 Å². The number of aromatic hydroxyl groups is 1. The van der Waals surface area contributed by atoms with Gasteiger partial charge in [-0.05, 0) is 35.9 Å². The Balaban J connectivity index is 2.33. The zero-order valence-corrected chi connectivity index (χ0v) is 11.3. The van der Waals surface area contributed by atoms with Crippen LogP contribution in [-0.2, 0) is 0 Å². The molecule has 0 bridgehead atoms. The predicted octanol–water partition coefficient (Wildman–Crippen LogP) is 5.10. The molecule has 0 saturated heterocycles. The summed E-state index contributed by atoms with van der Waals surface area (Å²) >= 11 is 17.7. The van der Waals surface area contributed by atoms with E-state index < -0.39 is 0 Å². The summed E-state index contributed by atoms with van der Waals surface area (Å²) in [5.74, 6) is 0.0844. The maximum absolute atomic E-state index is 9.40. The summed E-state index contributed by atoms with van der Waals surface area (Å²) in [6, 6.07) is 9.88. The highest BCUT2D eigenvalue weighted by atomic mass is 35.5. The molecule has 2 aromatic carbocycles. The maximum atomic E-state index is 9.40. The van der Waals surface area contributed by atoms with Crippen molar-refractivity contribution in [3.8, 4) is 5.75 Å². The fourth-order valence-electron chi connectivity index (χ4n) is 1.41. The largest absolute Gasteiger partial charge is 0.508 e. The van der Waals surface area contributed by atoms with Crippen molar-refractivity contribution in [3.63, 3.8) is 0 Å². The first-order valence-corrected chi connectivity index (χ1v) is 6.17. The zero-order chi connectivity index (χ0) is 13.1. The van der Waals surface area contributed by atoms with Gasteiger partial charge < -0.3 is 5.11 Å². The Bertz CT molecular complexity index is 591. The second-order valence-corrected chi connectivity index (χ2v) is 4.80. The number of halogens is 3. The van der Waals surface area contributed by atoms with Gasteiger partial charge in [0.05, 0.1) is 15.7 Å². The van der Waals surface area contributed by atoms with Gasteiger partial charge in [0, 0.05) is 11.2 Å². The van der Waals surface area contributed by atoms with E-state index in [1.54, 1.807) is 36.5 Å². The van der Waals surface area contributed by atoms with Crippen molar-refractivity contribution in [2.75, 3.05) is 0 Å². The van der Waals surface area contributed by atoms with Crippen LogP contribution in [0.4, 0.5) is 5.69 Å². The van der Waals surface area contributed by atoms with Gasteiger partial charge in [0.2, 0.25) is 0 Å². The van der Waals surface area contributed by atoms with Crippen LogP contribution in [0.25, 0.3) is 0 Å². The number of benzene rings is 2. The minimum absolute atomic E-state index is 0.0844. The quantitative estimate of drug-likeness (QED) is 0.769. The van der Waals surface area contributed by atoms with Crippen molar-refractivity contribution in [2.45, 2.75) is 0 Å². The third-order valence-electron chi connectivity index (χ3n) is 2.19. The van der Waals surface area contributed by atoms with E-state index in [-0.39, 0.29) is 5.75 Å². The van der Waals surface area contributed by atoms with Crippen LogP contribution in [0.5, 0.6) is 5.75 Å². The van der Waals surface area contributed by atoms with E-state index in [1.165, 1.54) is 6.07 Å². The molecule has 2 nitrogen and oxygen atoms in total. The van der Waals surface area contributed by atoms with Crippen molar-refractivity contribution in [1.29, 1.82) is 0 Å². The first-order chi connectivity index (χ1) is 8.56. The van der Waals surface area contributed by atoms with E-state index in [9.17, 15) is 5.11 Å². The summed E-state index contributed by atoms with van der Waals surface area (Å²) in [6.45, 7) is 0. The minimum Gasteiger partial charge on any atom is -0.508 e. The van der Waals surface area contributed by atoms with Gasteiger partial charge in [0.15, 0.2) is 0 Å². The van der Waals surface area contributed by atoms with E-state index in [0.29, 0.717) is 26.3 Å². The predicted molar refractivity (Wildman–Crippen MR) is 76.8 cm³/mol. The summed E-state index contributed by atoms with van der Waals surface area (Å²) in [4.78, 5) is 4.21. The van der Waals surface area contributed by atoms with Crippen molar-refractivity contribution in [2.24, 2.45) is 4.99 Å². The van der Waals surface area contributed by atoms with E-state index in [4.69, 9.17) is 34.8 Å². The van der Waals surface area contributed by atoms with Crippen LogP contribution in [-0.4, -0.2) is 11.3 Å². The Morgan fingerprint density at radius 2 is 1.83 bits per heavy atom. The molecule has 0 spiro atoms. The first kappa shape index (κ1) is 13.2. The Kier molecular flexibility index (Phi) is 4.12.